The summed E-state index contributed by atoms with van der Waals surface area (Å²) in [7, 11) is 0. The van der Waals surface area contributed by atoms with Gasteiger partial charge in [-0.3, -0.25) is 4.79 Å². The fraction of sp³-hybridized carbons (Fsp3) is 0.500. The monoisotopic (exact) mass is 332 g/mol. The van der Waals surface area contributed by atoms with E-state index in [2.05, 4.69) is 10.1 Å². The van der Waals surface area contributed by atoms with Crippen molar-refractivity contribution >= 4 is 22.9 Å². The molecule has 0 bridgehead atoms. The van der Waals surface area contributed by atoms with Gasteiger partial charge < -0.3 is 14.7 Å². The van der Waals surface area contributed by atoms with Gasteiger partial charge >= 0.3 is 5.97 Å². The number of amides is 1. The van der Waals surface area contributed by atoms with Crippen LogP contribution < -0.4 is 0 Å². The Hall–Kier alpha value is -2.48. The number of ether oxygens (including phenoxy) is 1. The number of pyridine rings is 1. The third-order valence-electron chi connectivity index (χ3n) is 3.99. The van der Waals surface area contributed by atoms with E-state index in [1.165, 1.54) is 11.1 Å². The Morgan fingerprint density at radius 1 is 1.33 bits per heavy atom. The number of nitrogens with zero attached hydrogens (tertiary/aromatic N) is 4. The zero-order valence-electron chi connectivity index (χ0n) is 13.8. The lowest BCUT2D eigenvalue weighted by molar-refractivity contribution is -0.160. The molecule has 3 rings (SSSR count). The highest BCUT2D eigenvalue weighted by Gasteiger charge is 2.33. The first-order valence-corrected chi connectivity index (χ1v) is 7.87. The molecule has 2 aromatic heterocycles. The van der Waals surface area contributed by atoms with Gasteiger partial charge in [0.25, 0.3) is 5.91 Å². The van der Waals surface area contributed by atoms with E-state index in [1.807, 2.05) is 13.8 Å². The van der Waals surface area contributed by atoms with Gasteiger partial charge in [-0.25, -0.2) is 14.5 Å². The second-order valence-corrected chi connectivity index (χ2v) is 6.30. The van der Waals surface area contributed by atoms with E-state index in [9.17, 15) is 9.59 Å². The fourth-order valence-electron chi connectivity index (χ4n) is 2.87. The summed E-state index contributed by atoms with van der Waals surface area (Å²) in [6, 6.07) is 1.92. The van der Waals surface area contributed by atoms with Crippen molar-refractivity contribution < 1.29 is 19.4 Å². The van der Waals surface area contributed by atoms with Crippen LogP contribution in [-0.4, -0.2) is 61.9 Å². The first kappa shape index (κ1) is 16.4. The summed E-state index contributed by atoms with van der Waals surface area (Å²) in [5.41, 5.74) is 1.14. The van der Waals surface area contributed by atoms with Gasteiger partial charge in [0.1, 0.15) is 0 Å². The minimum absolute atomic E-state index is 0.0296. The molecule has 8 nitrogen and oxygen atoms in total. The van der Waals surface area contributed by atoms with Gasteiger partial charge in [0.05, 0.1) is 24.4 Å². The largest absolute Gasteiger partial charge is 0.479 e. The summed E-state index contributed by atoms with van der Waals surface area (Å²) in [6.45, 7) is 6.15. The summed E-state index contributed by atoms with van der Waals surface area (Å²) in [6.07, 6.45) is 1.87. The predicted octanol–water partition coefficient (Wildman–Crippen LogP) is 1.33. The van der Waals surface area contributed by atoms with Crippen LogP contribution in [-0.2, 0) is 9.53 Å². The molecule has 3 heterocycles. The Morgan fingerprint density at radius 2 is 2.08 bits per heavy atom. The predicted molar refractivity (Wildman–Crippen MR) is 85.8 cm³/mol. The molecule has 2 aromatic rings. The highest BCUT2D eigenvalue weighted by molar-refractivity contribution is 5.97. The Labute approximate surface area is 139 Å². The van der Waals surface area contributed by atoms with E-state index in [4.69, 9.17) is 9.84 Å². The highest BCUT2D eigenvalue weighted by Crippen LogP contribution is 2.19. The average Bonchev–Trinajstić information content (AvgIpc) is 2.96. The van der Waals surface area contributed by atoms with Crippen molar-refractivity contribution in [2.75, 3.05) is 13.1 Å². The molecule has 1 amide bonds. The van der Waals surface area contributed by atoms with E-state index in [-0.39, 0.29) is 24.6 Å². The van der Waals surface area contributed by atoms with Crippen molar-refractivity contribution in [1.29, 1.82) is 0 Å². The molecular formula is C16H20N4O4. The maximum Gasteiger partial charge on any atom is 0.334 e. The lowest BCUT2D eigenvalue weighted by atomic mass is 10.1. The van der Waals surface area contributed by atoms with E-state index >= 15 is 0 Å². The van der Waals surface area contributed by atoms with Crippen LogP contribution >= 0.6 is 0 Å². The van der Waals surface area contributed by atoms with Crippen molar-refractivity contribution in [2.24, 2.45) is 0 Å². The minimum atomic E-state index is -1.06. The molecule has 24 heavy (non-hydrogen) atoms. The van der Waals surface area contributed by atoms with Crippen LogP contribution in [0.3, 0.4) is 0 Å². The maximum atomic E-state index is 12.7. The quantitative estimate of drug-likeness (QED) is 0.910. The van der Waals surface area contributed by atoms with E-state index in [1.54, 1.807) is 23.9 Å². The van der Waals surface area contributed by atoms with Crippen LogP contribution in [0, 0.1) is 0 Å². The van der Waals surface area contributed by atoms with Gasteiger partial charge in [-0.2, -0.15) is 5.10 Å². The number of carboxylic acid groups (broad SMARTS) is 1. The van der Waals surface area contributed by atoms with Crippen molar-refractivity contribution in [3.8, 4) is 0 Å². The molecular weight excluding hydrogens is 312 g/mol. The maximum absolute atomic E-state index is 12.7. The average molecular weight is 332 g/mol. The molecule has 0 spiro atoms. The summed E-state index contributed by atoms with van der Waals surface area (Å²) in [4.78, 5) is 29.7. The van der Waals surface area contributed by atoms with Crippen molar-refractivity contribution in [3.63, 3.8) is 0 Å². The van der Waals surface area contributed by atoms with Crippen LogP contribution in [0.15, 0.2) is 18.5 Å². The van der Waals surface area contributed by atoms with Gasteiger partial charge in [0.15, 0.2) is 11.8 Å². The molecule has 0 saturated carbocycles. The number of hydrogen-bond acceptors (Lipinski definition) is 5. The second-order valence-electron chi connectivity index (χ2n) is 6.30. The van der Waals surface area contributed by atoms with Gasteiger partial charge in [-0.15, -0.1) is 0 Å². The summed E-state index contributed by atoms with van der Waals surface area (Å²) >= 11 is 0. The lowest BCUT2D eigenvalue weighted by Gasteiger charge is -2.34. The van der Waals surface area contributed by atoms with E-state index in [0.717, 1.165) is 11.0 Å². The number of aromatic nitrogens is 3. The topological polar surface area (TPSA) is 97.6 Å². The zero-order valence-corrected chi connectivity index (χ0v) is 13.8. The molecule has 1 unspecified atom stereocenters. The zero-order chi connectivity index (χ0) is 17.4. The first-order chi connectivity index (χ1) is 11.4. The SMILES string of the molecule is CC(C)n1ncc2cc(C(=O)N3CC(C(=O)O)O[C@H](C)C3)cnc21. The fourth-order valence-corrected chi connectivity index (χ4v) is 2.87. The van der Waals surface area contributed by atoms with Crippen molar-refractivity contribution in [3.05, 3.63) is 24.0 Å². The van der Waals surface area contributed by atoms with E-state index in [0.29, 0.717) is 12.1 Å². The second kappa shape index (κ2) is 6.20. The molecule has 128 valence electrons. The first-order valence-electron chi connectivity index (χ1n) is 7.87. The molecule has 2 atom stereocenters. The normalized spacial score (nSPS) is 21.4. The highest BCUT2D eigenvalue weighted by atomic mass is 16.5. The number of carbonyl (C=O) groups is 2. The number of fused-ring (bicyclic) bond motifs is 1. The van der Waals surface area contributed by atoms with Crippen LogP contribution in [0.1, 0.15) is 37.2 Å². The Kier molecular flexibility index (Phi) is 4.23. The third-order valence-corrected chi connectivity index (χ3v) is 3.99. The van der Waals surface area contributed by atoms with Gasteiger partial charge in [-0.1, -0.05) is 0 Å². The molecule has 1 saturated heterocycles. The number of carbonyl (C=O) groups excluding carboxylic acids is 1. The van der Waals surface area contributed by atoms with Crippen molar-refractivity contribution in [1.82, 2.24) is 19.7 Å². The smallest absolute Gasteiger partial charge is 0.334 e. The summed E-state index contributed by atoms with van der Waals surface area (Å²) in [5.74, 6) is -1.31. The van der Waals surface area contributed by atoms with Gasteiger partial charge in [0.2, 0.25) is 0 Å². The molecule has 0 aromatic carbocycles. The molecule has 1 fully saturated rings. The molecule has 1 N–H and O–H groups in total. The van der Waals surface area contributed by atoms with Gasteiger partial charge in [-0.05, 0) is 26.8 Å². The van der Waals surface area contributed by atoms with Crippen molar-refractivity contribution in [2.45, 2.75) is 39.0 Å². The molecule has 8 heteroatoms. The Morgan fingerprint density at radius 3 is 2.75 bits per heavy atom. The lowest BCUT2D eigenvalue weighted by Crippen LogP contribution is -2.51. The molecule has 1 aliphatic rings. The van der Waals surface area contributed by atoms with Crippen LogP contribution in [0.2, 0.25) is 0 Å². The van der Waals surface area contributed by atoms with Gasteiger partial charge in [0, 0.05) is 24.2 Å². The molecule has 1 aliphatic heterocycles. The number of aliphatic carboxylic acids is 1. The Balaban J connectivity index is 1.86. The number of carboxylic acids is 1. The summed E-state index contributed by atoms with van der Waals surface area (Å²) < 4.78 is 7.13. The van der Waals surface area contributed by atoms with E-state index < -0.39 is 12.1 Å². The number of hydrogen-bond donors (Lipinski definition) is 1. The van der Waals surface area contributed by atoms with Crippen LogP contribution in [0.25, 0.3) is 11.0 Å². The minimum Gasteiger partial charge on any atom is -0.479 e. The number of morpholine rings is 1. The standard InChI is InChI=1S/C16H20N4O4/c1-9(2)20-14-11(6-18-20)4-12(5-17-14)15(21)19-7-10(3)24-13(8-19)16(22)23/h4-6,9-10,13H,7-8H2,1-3H3,(H,22,23)/t10-,13?/m1/s1. The Bertz CT molecular complexity index is 785. The number of rotatable bonds is 3. The summed E-state index contributed by atoms with van der Waals surface area (Å²) in [5, 5.41) is 14.2. The molecule has 0 aliphatic carbocycles. The van der Waals surface area contributed by atoms with Crippen LogP contribution in [0.4, 0.5) is 0 Å². The molecule has 0 radical (unpaired) electrons. The van der Waals surface area contributed by atoms with Crippen LogP contribution in [0.5, 0.6) is 0 Å². The third kappa shape index (κ3) is 2.96.